The Labute approximate surface area is 109 Å². The first-order valence-corrected chi connectivity index (χ1v) is 6.89. The highest BCUT2D eigenvalue weighted by Crippen LogP contribution is 2.16. The first-order valence-electron chi connectivity index (χ1n) is 5.95. The molecule has 98 valence electrons. The highest BCUT2D eigenvalue weighted by Gasteiger charge is 2.22. The van der Waals surface area contributed by atoms with Crippen LogP contribution in [-0.4, -0.2) is 41.6 Å². The molecule has 2 amide bonds. The molecule has 2 N–H and O–H groups in total. The Hall–Kier alpha value is -1.56. The largest absolute Gasteiger partial charge is 0.465 e. The average Bonchev–Trinajstić information content (AvgIpc) is 2.90. The summed E-state index contributed by atoms with van der Waals surface area (Å²) in [6.45, 7) is 1.75. The molecule has 6 heteroatoms. The van der Waals surface area contributed by atoms with Crippen LogP contribution in [0.25, 0.3) is 0 Å². The van der Waals surface area contributed by atoms with Gasteiger partial charge in [0.15, 0.2) is 0 Å². The maximum atomic E-state index is 11.7. The number of carboxylic acid groups (broad SMARTS) is 1. The number of amides is 2. The summed E-state index contributed by atoms with van der Waals surface area (Å²) in [5.74, 6) is 0.333. The molecule has 2 heterocycles. The monoisotopic (exact) mass is 268 g/mol. The van der Waals surface area contributed by atoms with Crippen LogP contribution in [-0.2, 0) is 0 Å². The third-order valence-corrected chi connectivity index (χ3v) is 3.90. The number of hydrogen-bond donors (Lipinski definition) is 2. The molecule has 0 saturated carbocycles. The summed E-state index contributed by atoms with van der Waals surface area (Å²) in [5, 5.41) is 15.4. The van der Waals surface area contributed by atoms with Crippen LogP contribution in [0.2, 0.25) is 0 Å². The van der Waals surface area contributed by atoms with Gasteiger partial charge in [0.2, 0.25) is 0 Å². The van der Waals surface area contributed by atoms with Gasteiger partial charge in [0.05, 0.1) is 0 Å². The molecule has 2 rings (SSSR count). The minimum Gasteiger partial charge on any atom is -0.465 e. The van der Waals surface area contributed by atoms with E-state index in [1.54, 1.807) is 6.07 Å². The van der Waals surface area contributed by atoms with E-state index in [1.165, 1.54) is 16.2 Å². The van der Waals surface area contributed by atoms with Crippen LogP contribution < -0.4 is 5.32 Å². The quantitative estimate of drug-likeness (QED) is 0.879. The van der Waals surface area contributed by atoms with E-state index in [0.717, 1.165) is 12.8 Å². The third kappa shape index (κ3) is 3.22. The van der Waals surface area contributed by atoms with Crippen molar-refractivity contribution in [3.63, 3.8) is 0 Å². The number of thiophene rings is 1. The topological polar surface area (TPSA) is 69.6 Å². The molecular formula is C12H16N2O3S. The first kappa shape index (κ1) is 12.9. The lowest BCUT2D eigenvalue weighted by molar-refractivity contribution is 0.0929. The molecule has 0 spiro atoms. The summed E-state index contributed by atoms with van der Waals surface area (Å²) in [5.41, 5.74) is 0.697. The van der Waals surface area contributed by atoms with E-state index >= 15 is 0 Å². The summed E-state index contributed by atoms with van der Waals surface area (Å²) in [6, 6.07) is 1.80. The van der Waals surface area contributed by atoms with Crippen LogP contribution in [0.3, 0.4) is 0 Å². The third-order valence-electron chi connectivity index (χ3n) is 3.22. The molecule has 1 fully saturated rings. The highest BCUT2D eigenvalue weighted by atomic mass is 32.1. The van der Waals surface area contributed by atoms with Gasteiger partial charge in [-0.1, -0.05) is 0 Å². The van der Waals surface area contributed by atoms with E-state index in [4.69, 9.17) is 5.11 Å². The Morgan fingerprint density at radius 2 is 2.17 bits per heavy atom. The normalized spacial score (nSPS) is 16.6. The lowest BCUT2D eigenvalue weighted by atomic mass is 9.97. The first-order chi connectivity index (χ1) is 8.66. The molecule has 1 aromatic heterocycles. The average molecular weight is 268 g/mol. The molecule has 1 aliphatic heterocycles. The van der Waals surface area contributed by atoms with E-state index in [0.29, 0.717) is 31.1 Å². The lowest BCUT2D eigenvalue weighted by Crippen LogP contribution is -2.40. The second-order valence-electron chi connectivity index (χ2n) is 4.44. The molecule has 0 radical (unpaired) electrons. The SMILES string of the molecule is O=C(NCC1CCN(C(=O)O)CC1)c1ccsc1. The van der Waals surface area contributed by atoms with Crippen molar-refractivity contribution >= 4 is 23.3 Å². The van der Waals surface area contributed by atoms with Crippen LogP contribution in [0, 0.1) is 5.92 Å². The Morgan fingerprint density at radius 1 is 1.44 bits per heavy atom. The van der Waals surface area contributed by atoms with E-state index in [-0.39, 0.29) is 5.91 Å². The van der Waals surface area contributed by atoms with Crippen LogP contribution >= 0.6 is 11.3 Å². The molecule has 0 aliphatic carbocycles. The molecule has 5 nitrogen and oxygen atoms in total. The van der Waals surface area contributed by atoms with Gasteiger partial charge in [0, 0.05) is 30.6 Å². The lowest BCUT2D eigenvalue weighted by Gasteiger charge is -2.29. The van der Waals surface area contributed by atoms with E-state index in [1.807, 2.05) is 10.8 Å². The molecule has 1 aliphatic rings. The van der Waals surface area contributed by atoms with Gasteiger partial charge < -0.3 is 15.3 Å². The van der Waals surface area contributed by atoms with Crippen LogP contribution in [0.5, 0.6) is 0 Å². The van der Waals surface area contributed by atoms with Crippen LogP contribution in [0.4, 0.5) is 4.79 Å². The molecule has 18 heavy (non-hydrogen) atoms. The predicted octanol–water partition coefficient (Wildman–Crippen LogP) is 1.87. The fourth-order valence-corrected chi connectivity index (χ4v) is 2.70. The van der Waals surface area contributed by atoms with Crippen molar-refractivity contribution in [2.45, 2.75) is 12.8 Å². The summed E-state index contributed by atoms with van der Waals surface area (Å²) in [6.07, 6.45) is 0.780. The molecule has 0 aromatic carbocycles. The Bertz CT molecular complexity index is 411. The maximum Gasteiger partial charge on any atom is 0.407 e. The van der Waals surface area contributed by atoms with Gasteiger partial charge in [-0.3, -0.25) is 4.79 Å². The number of nitrogens with zero attached hydrogens (tertiary/aromatic N) is 1. The fraction of sp³-hybridized carbons (Fsp3) is 0.500. The highest BCUT2D eigenvalue weighted by molar-refractivity contribution is 7.08. The van der Waals surface area contributed by atoms with Gasteiger partial charge in [-0.05, 0) is 30.2 Å². The Balaban J connectivity index is 1.72. The zero-order valence-electron chi connectivity index (χ0n) is 9.96. The van der Waals surface area contributed by atoms with Crippen LogP contribution in [0.15, 0.2) is 16.8 Å². The molecule has 1 saturated heterocycles. The zero-order valence-corrected chi connectivity index (χ0v) is 10.8. The van der Waals surface area contributed by atoms with Crippen molar-refractivity contribution in [2.24, 2.45) is 5.92 Å². The van der Waals surface area contributed by atoms with Crippen molar-refractivity contribution in [1.82, 2.24) is 10.2 Å². The smallest absolute Gasteiger partial charge is 0.407 e. The zero-order chi connectivity index (χ0) is 13.0. The maximum absolute atomic E-state index is 11.7. The fourth-order valence-electron chi connectivity index (χ4n) is 2.06. The predicted molar refractivity (Wildman–Crippen MR) is 69.0 cm³/mol. The van der Waals surface area contributed by atoms with Crippen molar-refractivity contribution in [3.05, 3.63) is 22.4 Å². The minimum absolute atomic E-state index is 0.0445. The molecule has 0 bridgehead atoms. The number of hydrogen-bond acceptors (Lipinski definition) is 3. The Morgan fingerprint density at radius 3 is 2.72 bits per heavy atom. The summed E-state index contributed by atoms with van der Waals surface area (Å²) >= 11 is 1.50. The van der Waals surface area contributed by atoms with Crippen LogP contribution in [0.1, 0.15) is 23.2 Å². The van der Waals surface area contributed by atoms with E-state index < -0.39 is 6.09 Å². The number of piperidine rings is 1. The van der Waals surface area contributed by atoms with Gasteiger partial charge in [0.1, 0.15) is 0 Å². The van der Waals surface area contributed by atoms with E-state index in [2.05, 4.69) is 5.32 Å². The van der Waals surface area contributed by atoms with Gasteiger partial charge in [-0.25, -0.2) is 4.79 Å². The standard InChI is InChI=1S/C12H16N2O3S/c15-11(10-3-6-18-8-10)13-7-9-1-4-14(5-2-9)12(16)17/h3,6,8-9H,1-2,4-5,7H2,(H,13,15)(H,16,17). The molecule has 1 aromatic rings. The number of carbonyl (C=O) groups excluding carboxylic acids is 1. The minimum atomic E-state index is -0.851. The summed E-state index contributed by atoms with van der Waals surface area (Å²) < 4.78 is 0. The number of nitrogens with one attached hydrogen (secondary N) is 1. The van der Waals surface area contributed by atoms with Crippen molar-refractivity contribution in [3.8, 4) is 0 Å². The van der Waals surface area contributed by atoms with Gasteiger partial charge in [-0.15, -0.1) is 0 Å². The number of rotatable bonds is 3. The second-order valence-corrected chi connectivity index (χ2v) is 5.22. The summed E-state index contributed by atoms with van der Waals surface area (Å²) in [4.78, 5) is 23.9. The molecule has 0 unspecified atom stereocenters. The van der Waals surface area contributed by atoms with Gasteiger partial charge in [0.25, 0.3) is 5.91 Å². The van der Waals surface area contributed by atoms with Crippen molar-refractivity contribution < 1.29 is 14.7 Å². The van der Waals surface area contributed by atoms with Gasteiger partial charge in [-0.2, -0.15) is 11.3 Å². The summed E-state index contributed by atoms with van der Waals surface area (Å²) in [7, 11) is 0. The van der Waals surface area contributed by atoms with Crippen molar-refractivity contribution in [2.75, 3.05) is 19.6 Å². The second kappa shape index (κ2) is 5.86. The molecule has 0 atom stereocenters. The van der Waals surface area contributed by atoms with Crippen molar-refractivity contribution in [1.29, 1.82) is 0 Å². The van der Waals surface area contributed by atoms with E-state index in [9.17, 15) is 9.59 Å². The molecular weight excluding hydrogens is 252 g/mol. The Kier molecular flexibility index (Phi) is 4.19. The number of carbonyl (C=O) groups is 2. The number of likely N-dealkylation sites (tertiary alicyclic amines) is 1. The van der Waals surface area contributed by atoms with Gasteiger partial charge >= 0.3 is 6.09 Å².